The normalized spacial score (nSPS) is 22.4. The third-order valence-electron chi connectivity index (χ3n) is 11.6. The average Bonchev–Trinajstić information content (AvgIpc) is 3.75. The van der Waals surface area contributed by atoms with E-state index in [2.05, 4.69) is 11.9 Å². The van der Waals surface area contributed by atoms with Crippen LogP contribution in [0, 0.1) is 17.3 Å². The molecule has 1 N–H and O–H groups in total. The number of likely N-dealkylation sites (tertiary alicyclic amines) is 1. The third kappa shape index (κ3) is 7.46. The number of aromatic nitrogens is 1. The van der Waals surface area contributed by atoms with Gasteiger partial charge < -0.3 is 24.6 Å². The van der Waals surface area contributed by atoms with Crippen LogP contribution in [0.5, 0.6) is 11.5 Å². The summed E-state index contributed by atoms with van der Waals surface area (Å²) in [6, 6.07) is 24.3. The molecule has 10 heteroatoms. The zero-order valence-corrected chi connectivity index (χ0v) is 32.3. The highest BCUT2D eigenvalue weighted by molar-refractivity contribution is 6.00. The summed E-state index contributed by atoms with van der Waals surface area (Å²) in [5.74, 6) is -0.688. The highest BCUT2D eigenvalue weighted by atomic mass is 16.5. The molecule has 3 heterocycles. The van der Waals surface area contributed by atoms with Gasteiger partial charge in [-0.15, -0.1) is 6.58 Å². The second-order valence-corrected chi connectivity index (χ2v) is 16.2. The minimum Gasteiger partial charge on any atom is -0.497 e. The van der Waals surface area contributed by atoms with E-state index < -0.39 is 34.9 Å². The van der Waals surface area contributed by atoms with Crippen molar-refractivity contribution in [2.75, 3.05) is 25.1 Å². The van der Waals surface area contributed by atoms with E-state index in [4.69, 9.17) is 14.5 Å². The highest BCUT2D eigenvalue weighted by Gasteiger charge is 2.59. The summed E-state index contributed by atoms with van der Waals surface area (Å²) in [6.07, 6.45) is 3.49. The third-order valence-corrected chi connectivity index (χ3v) is 11.6. The van der Waals surface area contributed by atoms with Crippen molar-refractivity contribution >= 4 is 40.1 Å². The smallest absolute Gasteiger partial charge is 0.243 e. The molecule has 5 atom stereocenters. The van der Waals surface area contributed by atoms with Crippen molar-refractivity contribution in [3.8, 4) is 22.8 Å². The Labute approximate surface area is 322 Å². The number of ether oxygens (including phenoxy) is 2. The number of carbonyl (C=O) groups excluding carboxylic acids is 4. The summed E-state index contributed by atoms with van der Waals surface area (Å²) in [5, 5.41) is 3.78. The van der Waals surface area contributed by atoms with Gasteiger partial charge in [-0.05, 0) is 55.4 Å². The van der Waals surface area contributed by atoms with Crippen molar-refractivity contribution in [1.29, 1.82) is 0 Å². The highest BCUT2D eigenvalue weighted by Crippen LogP contribution is 2.46. The van der Waals surface area contributed by atoms with E-state index in [9.17, 15) is 19.2 Å². The number of nitrogens with one attached hydrogen (secondary N) is 1. The van der Waals surface area contributed by atoms with Crippen LogP contribution in [0.3, 0.4) is 0 Å². The maximum absolute atomic E-state index is 14.9. The first kappa shape index (κ1) is 37.8. The number of methoxy groups -OCH3 is 1. The second-order valence-electron chi connectivity index (χ2n) is 16.2. The molecule has 7 rings (SSSR count). The number of aryl methyl sites for hydroxylation is 1. The molecule has 0 bridgehead atoms. The lowest BCUT2D eigenvalue weighted by Crippen LogP contribution is -2.54. The van der Waals surface area contributed by atoms with Crippen molar-refractivity contribution in [3.63, 3.8) is 0 Å². The first-order chi connectivity index (χ1) is 26.3. The predicted octanol–water partition coefficient (Wildman–Crippen LogP) is 6.94. The lowest BCUT2D eigenvalue weighted by molar-refractivity contribution is -0.146. The molecule has 3 aromatic carbocycles. The van der Waals surface area contributed by atoms with Gasteiger partial charge in [0.25, 0.3) is 0 Å². The maximum atomic E-state index is 14.9. The van der Waals surface area contributed by atoms with E-state index in [-0.39, 0.29) is 42.9 Å². The molecule has 1 aliphatic carbocycles. The van der Waals surface area contributed by atoms with Crippen LogP contribution >= 0.6 is 0 Å². The van der Waals surface area contributed by atoms with E-state index in [1.807, 2.05) is 99.6 Å². The number of fused-ring (bicyclic) bond motifs is 2. The van der Waals surface area contributed by atoms with Crippen molar-refractivity contribution in [2.24, 2.45) is 17.3 Å². The lowest BCUT2D eigenvalue weighted by Gasteiger charge is -2.37. The summed E-state index contributed by atoms with van der Waals surface area (Å²) in [6.45, 7) is 11.9. The number of benzene rings is 3. The van der Waals surface area contributed by atoms with Crippen LogP contribution in [-0.4, -0.2) is 71.3 Å². The lowest BCUT2D eigenvalue weighted by atomic mass is 9.77. The summed E-state index contributed by atoms with van der Waals surface area (Å²) < 4.78 is 12.3. The van der Waals surface area contributed by atoms with Crippen LogP contribution < -0.4 is 19.7 Å². The molecule has 0 spiro atoms. The minimum absolute atomic E-state index is 0.0137. The zero-order valence-electron chi connectivity index (χ0n) is 32.3. The summed E-state index contributed by atoms with van der Waals surface area (Å²) in [4.78, 5) is 64.5. The second kappa shape index (κ2) is 15.0. The van der Waals surface area contributed by atoms with Crippen LogP contribution in [0.1, 0.15) is 58.9 Å². The Morgan fingerprint density at radius 1 is 1.04 bits per heavy atom. The van der Waals surface area contributed by atoms with Gasteiger partial charge in [-0.1, -0.05) is 75.4 Å². The van der Waals surface area contributed by atoms with Crippen LogP contribution in [0.2, 0.25) is 0 Å². The van der Waals surface area contributed by atoms with Gasteiger partial charge in [0.1, 0.15) is 29.2 Å². The fraction of sp³-hybridized carbons (Fsp3) is 0.400. The number of hydrogen-bond donors (Lipinski definition) is 1. The molecule has 55 heavy (non-hydrogen) atoms. The Morgan fingerprint density at radius 3 is 2.47 bits per heavy atom. The average molecular weight is 743 g/mol. The fourth-order valence-electron chi connectivity index (χ4n) is 8.27. The van der Waals surface area contributed by atoms with Crippen LogP contribution in [0.4, 0.5) is 5.69 Å². The van der Waals surface area contributed by atoms with Gasteiger partial charge in [0.05, 0.1) is 30.8 Å². The number of anilines is 1. The van der Waals surface area contributed by atoms with E-state index in [1.54, 1.807) is 23.0 Å². The van der Waals surface area contributed by atoms with Crippen LogP contribution in [0.15, 0.2) is 91.5 Å². The van der Waals surface area contributed by atoms with Crippen molar-refractivity contribution in [3.05, 3.63) is 97.1 Å². The molecule has 1 aromatic heterocycles. The molecule has 3 amide bonds. The Bertz CT molecular complexity index is 2140. The molecular formula is C45H50N4O6. The van der Waals surface area contributed by atoms with E-state index in [0.717, 1.165) is 35.0 Å². The number of ketones is 1. The minimum atomic E-state index is -1.04. The van der Waals surface area contributed by atoms with Gasteiger partial charge in [-0.3, -0.25) is 19.2 Å². The zero-order chi connectivity index (χ0) is 39.1. The van der Waals surface area contributed by atoms with Gasteiger partial charge in [0.15, 0.2) is 5.78 Å². The number of para-hydroxylation sites is 1. The van der Waals surface area contributed by atoms with Gasteiger partial charge in [-0.25, -0.2) is 4.98 Å². The Morgan fingerprint density at radius 2 is 1.78 bits per heavy atom. The molecule has 0 radical (unpaired) electrons. The van der Waals surface area contributed by atoms with Crippen molar-refractivity contribution in [2.45, 2.75) is 77.5 Å². The molecule has 2 aliphatic heterocycles. The van der Waals surface area contributed by atoms with Crippen LogP contribution in [-0.2, 0) is 25.6 Å². The summed E-state index contributed by atoms with van der Waals surface area (Å²) in [5.41, 5.74) is 2.63. The van der Waals surface area contributed by atoms with E-state index in [1.165, 1.54) is 6.92 Å². The quantitative estimate of drug-likeness (QED) is 0.166. The first-order valence-corrected chi connectivity index (χ1v) is 19.2. The van der Waals surface area contributed by atoms with Crippen molar-refractivity contribution in [1.82, 2.24) is 15.2 Å². The SMILES string of the molecule is C=CC1CC1(NC(=O)[C@@H]1C[C@@H](Oc2cc(-c3ccccc3)nc3cc(OC)ccc23)CN1C(=O)[C@@H](CC(=O)N1CCCc2ccccc21)C(C)(C)C)C(C)=O. The fourth-order valence-corrected chi connectivity index (χ4v) is 8.27. The molecule has 10 nitrogen and oxygen atoms in total. The number of hydrogen-bond acceptors (Lipinski definition) is 7. The topological polar surface area (TPSA) is 118 Å². The Hall–Kier alpha value is -5.51. The largest absolute Gasteiger partial charge is 0.497 e. The monoisotopic (exact) mass is 742 g/mol. The van der Waals surface area contributed by atoms with E-state index in [0.29, 0.717) is 35.7 Å². The maximum Gasteiger partial charge on any atom is 0.243 e. The predicted molar refractivity (Wildman–Crippen MR) is 213 cm³/mol. The number of pyridine rings is 1. The Balaban J connectivity index is 1.22. The molecule has 2 unspecified atom stereocenters. The molecule has 286 valence electrons. The molecule has 1 saturated carbocycles. The number of Topliss-reactive ketones (excluding diaryl/α,β-unsaturated/α-hetero) is 1. The number of amides is 3. The number of rotatable bonds is 11. The Kier molecular flexibility index (Phi) is 10.3. The summed E-state index contributed by atoms with van der Waals surface area (Å²) >= 11 is 0. The molecule has 1 saturated heterocycles. The van der Waals surface area contributed by atoms with Gasteiger partial charge in [0.2, 0.25) is 17.7 Å². The molecular weight excluding hydrogens is 693 g/mol. The molecule has 4 aromatic rings. The molecule has 3 aliphatic rings. The molecule has 2 fully saturated rings. The number of nitrogens with zero attached hydrogens (tertiary/aromatic N) is 3. The van der Waals surface area contributed by atoms with Crippen LogP contribution in [0.25, 0.3) is 22.2 Å². The van der Waals surface area contributed by atoms with Gasteiger partial charge in [-0.2, -0.15) is 0 Å². The van der Waals surface area contributed by atoms with Gasteiger partial charge in [0, 0.05) is 54.1 Å². The van der Waals surface area contributed by atoms with Gasteiger partial charge >= 0.3 is 0 Å². The summed E-state index contributed by atoms with van der Waals surface area (Å²) in [7, 11) is 1.61. The first-order valence-electron chi connectivity index (χ1n) is 19.2. The number of carbonyl (C=O) groups is 4. The standard InChI is InChI=1S/C45H50N4O6/c1-7-31-26-45(31,28(2)50)47-42(52)39-23-33(55-40-25-36(29-14-9-8-10-15-29)46-37-22-32(54-6)19-20-34(37)40)27-49(39)43(53)35(44(3,4)5)24-41(51)48-21-13-17-30-16-11-12-18-38(30)48/h7-12,14-16,18-20,22,25,31,33,35,39H,1,13,17,21,23-24,26-27H2,2-6H3,(H,47,52)/t31?,33-,35-,39+,45?/m1/s1. The van der Waals surface area contributed by atoms with E-state index >= 15 is 0 Å². The van der Waals surface area contributed by atoms with Crippen molar-refractivity contribution < 1.29 is 28.7 Å².